The summed E-state index contributed by atoms with van der Waals surface area (Å²) in [5.74, 6) is -0.134. The van der Waals surface area contributed by atoms with E-state index in [4.69, 9.17) is 0 Å². The number of carbonyl (C=O) groups is 1. The van der Waals surface area contributed by atoms with Crippen LogP contribution < -0.4 is 5.32 Å². The minimum atomic E-state index is -0.134. The molecule has 100 valence electrons. The first kappa shape index (κ1) is 13.3. The summed E-state index contributed by atoms with van der Waals surface area (Å²) in [4.78, 5) is 16.5. The SMILES string of the molecule is O=C(Nc1nc2ccccc2s1)c1ccc(CBr)cc1. The number of nitrogens with zero attached hydrogens (tertiary/aromatic N) is 1. The van der Waals surface area contributed by atoms with Crippen molar-refractivity contribution < 1.29 is 4.79 Å². The normalized spacial score (nSPS) is 10.7. The molecule has 0 fully saturated rings. The molecule has 1 N–H and O–H groups in total. The van der Waals surface area contributed by atoms with E-state index in [1.54, 1.807) is 0 Å². The van der Waals surface area contributed by atoms with Gasteiger partial charge in [0, 0.05) is 10.9 Å². The zero-order valence-corrected chi connectivity index (χ0v) is 12.9. The number of nitrogens with one attached hydrogen (secondary N) is 1. The number of benzene rings is 2. The Morgan fingerprint density at radius 3 is 2.60 bits per heavy atom. The Bertz CT molecular complexity index is 719. The first-order chi connectivity index (χ1) is 9.76. The lowest BCUT2D eigenvalue weighted by molar-refractivity contribution is 0.102. The van der Waals surface area contributed by atoms with E-state index >= 15 is 0 Å². The Kier molecular flexibility index (Phi) is 3.80. The molecule has 0 atom stereocenters. The van der Waals surface area contributed by atoms with Gasteiger partial charge in [0.05, 0.1) is 10.2 Å². The van der Waals surface area contributed by atoms with E-state index in [9.17, 15) is 4.79 Å². The Morgan fingerprint density at radius 2 is 1.90 bits per heavy atom. The molecule has 1 aromatic heterocycles. The maximum atomic E-state index is 12.1. The van der Waals surface area contributed by atoms with Gasteiger partial charge in [0.1, 0.15) is 0 Å². The molecule has 2 aromatic carbocycles. The van der Waals surface area contributed by atoms with Crippen molar-refractivity contribution in [2.75, 3.05) is 5.32 Å². The topological polar surface area (TPSA) is 42.0 Å². The smallest absolute Gasteiger partial charge is 0.257 e. The number of amides is 1. The van der Waals surface area contributed by atoms with Crippen molar-refractivity contribution in [2.24, 2.45) is 0 Å². The van der Waals surface area contributed by atoms with E-state index in [0.717, 1.165) is 21.1 Å². The van der Waals surface area contributed by atoms with Crippen LogP contribution in [-0.2, 0) is 5.33 Å². The van der Waals surface area contributed by atoms with Crippen molar-refractivity contribution in [1.82, 2.24) is 4.98 Å². The minimum Gasteiger partial charge on any atom is -0.298 e. The molecule has 0 aliphatic heterocycles. The average Bonchev–Trinajstić information content (AvgIpc) is 2.89. The van der Waals surface area contributed by atoms with Crippen molar-refractivity contribution in [1.29, 1.82) is 0 Å². The van der Waals surface area contributed by atoms with E-state index in [-0.39, 0.29) is 5.91 Å². The summed E-state index contributed by atoms with van der Waals surface area (Å²) in [5, 5.41) is 4.25. The van der Waals surface area contributed by atoms with Crippen LogP contribution >= 0.6 is 27.3 Å². The Labute approximate surface area is 128 Å². The largest absolute Gasteiger partial charge is 0.298 e. The molecule has 0 radical (unpaired) electrons. The third kappa shape index (κ3) is 2.73. The lowest BCUT2D eigenvalue weighted by atomic mass is 10.1. The summed E-state index contributed by atoms with van der Waals surface area (Å²) in [5.41, 5.74) is 2.68. The molecule has 1 amide bonds. The van der Waals surface area contributed by atoms with Crippen molar-refractivity contribution >= 4 is 48.5 Å². The van der Waals surface area contributed by atoms with Crippen LogP contribution in [0.25, 0.3) is 10.2 Å². The van der Waals surface area contributed by atoms with Gasteiger partial charge in [0.25, 0.3) is 5.91 Å². The van der Waals surface area contributed by atoms with Crippen LogP contribution in [0.4, 0.5) is 5.13 Å². The number of hydrogen-bond donors (Lipinski definition) is 1. The first-order valence-corrected chi connectivity index (χ1v) is 8.02. The predicted molar refractivity (Wildman–Crippen MR) is 86.6 cm³/mol. The second-order valence-electron chi connectivity index (χ2n) is 4.27. The molecular formula is C15H11BrN2OS. The molecule has 0 bridgehead atoms. The van der Waals surface area contributed by atoms with Gasteiger partial charge < -0.3 is 0 Å². The molecule has 0 spiro atoms. The molecule has 0 aliphatic rings. The Morgan fingerprint density at radius 1 is 1.15 bits per heavy atom. The van der Waals surface area contributed by atoms with Gasteiger partial charge in [-0.15, -0.1) is 0 Å². The second-order valence-corrected chi connectivity index (χ2v) is 5.86. The number of halogens is 1. The lowest BCUT2D eigenvalue weighted by Crippen LogP contribution is -2.11. The van der Waals surface area contributed by atoms with Gasteiger partial charge >= 0.3 is 0 Å². The molecule has 0 saturated carbocycles. The zero-order chi connectivity index (χ0) is 13.9. The summed E-state index contributed by atoms with van der Waals surface area (Å²) in [6.07, 6.45) is 0. The predicted octanol–water partition coefficient (Wildman–Crippen LogP) is 4.44. The fourth-order valence-corrected chi connectivity index (χ4v) is 3.07. The summed E-state index contributed by atoms with van der Waals surface area (Å²) in [6.45, 7) is 0. The Balaban J connectivity index is 1.80. The highest BCUT2D eigenvalue weighted by atomic mass is 79.9. The number of rotatable bonds is 3. The maximum Gasteiger partial charge on any atom is 0.257 e. The van der Waals surface area contributed by atoms with Crippen molar-refractivity contribution in [3.05, 3.63) is 59.7 Å². The third-order valence-corrected chi connectivity index (χ3v) is 4.48. The lowest BCUT2D eigenvalue weighted by Gasteiger charge is -2.02. The molecule has 3 rings (SSSR count). The number of alkyl halides is 1. The van der Waals surface area contributed by atoms with Gasteiger partial charge in [-0.2, -0.15) is 0 Å². The highest BCUT2D eigenvalue weighted by molar-refractivity contribution is 9.08. The van der Waals surface area contributed by atoms with Crippen molar-refractivity contribution in [3.8, 4) is 0 Å². The van der Waals surface area contributed by atoms with Crippen LogP contribution in [0, 0.1) is 0 Å². The number of aromatic nitrogens is 1. The van der Waals surface area contributed by atoms with Crippen molar-refractivity contribution in [2.45, 2.75) is 5.33 Å². The summed E-state index contributed by atoms with van der Waals surface area (Å²) in [6, 6.07) is 15.3. The molecule has 3 aromatic rings. The number of thiazole rings is 1. The van der Waals surface area contributed by atoms with Crippen LogP contribution in [0.1, 0.15) is 15.9 Å². The number of carbonyl (C=O) groups excluding carboxylic acids is 1. The molecule has 20 heavy (non-hydrogen) atoms. The van der Waals surface area contributed by atoms with Crippen LogP contribution in [0.5, 0.6) is 0 Å². The van der Waals surface area contributed by atoms with Crippen LogP contribution in [-0.4, -0.2) is 10.9 Å². The molecule has 3 nitrogen and oxygen atoms in total. The monoisotopic (exact) mass is 346 g/mol. The van der Waals surface area contributed by atoms with Crippen molar-refractivity contribution in [3.63, 3.8) is 0 Å². The van der Waals surface area contributed by atoms with Gasteiger partial charge in [-0.05, 0) is 29.8 Å². The molecule has 0 aliphatic carbocycles. The summed E-state index contributed by atoms with van der Waals surface area (Å²) >= 11 is 4.86. The minimum absolute atomic E-state index is 0.134. The van der Waals surface area contributed by atoms with Gasteiger partial charge in [0.15, 0.2) is 5.13 Å². The van der Waals surface area contributed by atoms with Gasteiger partial charge in [-0.3, -0.25) is 10.1 Å². The molecule has 0 saturated heterocycles. The second kappa shape index (κ2) is 5.73. The third-order valence-electron chi connectivity index (χ3n) is 2.88. The average molecular weight is 347 g/mol. The standard InChI is InChI=1S/C15H11BrN2OS/c16-9-10-5-7-11(8-6-10)14(19)18-15-17-12-3-1-2-4-13(12)20-15/h1-8H,9H2,(H,17,18,19). The first-order valence-electron chi connectivity index (χ1n) is 6.08. The molecule has 5 heteroatoms. The fourth-order valence-electron chi connectivity index (χ4n) is 1.84. The summed E-state index contributed by atoms with van der Waals surface area (Å²) < 4.78 is 1.07. The highest BCUT2D eigenvalue weighted by Gasteiger charge is 2.09. The highest BCUT2D eigenvalue weighted by Crippen LogP contribution is 2.25. The van der Waals surface area contributed by atoms with Gasteiger partial charge in [-0.25, -0.2) is 4.98 Å². The number of anilines is 1. The van der Waals surface area contributed by atoms with E-state index in [2.05, 4.69) is 26.2 Å². The van der Waals surface area contributed by atoms with Gasteiger partial charge in [-0.1, -0.05) is 51.5 Å². The number of hydrogen-bond acceptors (Lipinski definition) is 3. The van der Waals surface area contributed by atoms with E-state index in [0.29, 0.717) is 10.7 Å². The molecular weight excluding hydrogens is 336 g/mol. The molecule has 1 heterocycles. The van der Waals surface area contributed by atoms with Crippen LogP contribution in [0.3, 0.4) is 0 Å². The Hall–Kier alpha value is -1.72. The van der Waals surface area contributed by atoms with Gasteiger partial charge in [0.2, 0.25) is 0 Å². The number of para-hydroxylation sites is 1. The maximum absolute atomic E-state index is 12.1. The fraction of sp³-hybridized carbons (Fsp3) is 0.0667. The van der Waals surface area contributed by atoms with E-state index < -0.39 is 0 Å². The zero-order valence-electron chi connectivity index (χ0n) is 10.5. The van der Waals surface area contributed by atoms with Crippen LogP contribution in [0.15, 0.2) is 48.5 Å². The van der Waals surface area contributed by atoms with Crippen LogP contribution in [0.2, 0.25) is 0 Å². The van der Waals surface area contributed by atoms with E-state index in [1.807, 2.05) is 48.5 Å². The molecule has 0 unspecified atom stereocenters. The quantitative estimate of drug-likeness (QED) is 0.712. The summed E-state index contributed by atoms with van der Waals surface area (Å²) in [7, 11) is 0. The van der Waals surface area contributed by atoms with E-state index in [1.165, 1.54) is 11.3 Å². The number of fused-ring (bicyclic) bond motifs is 1.